The van der Waals surface area contributed by atoms with Crippen molar-refractivity contribution in [2.75, 3.05) is 5.88 Å². The van der Waals surface area contributed by atoms with Gasteiger partial charge in [-0.05, 0) is 12.8 Å². The molecule has 0 heterocycles. The van der Waals surface area contributed by atoms with Gasteiger partial charge >= 0.3 is 0 Å². The van der Waals surface area contributed by atoms with E-state index in [4.69, 9.17) is 11.6 Å². The fraction of sp³-hybridized carbons (Fsp3) is 0.714. The van der Waals surface area contributed by atoms with Crippen molar-refractivity contribution >= 4 is 11.6 Å². The normalized spacial score (nSPS) is 12.9. The summed E-state index contributed by atoms with van der Waals surface area (Å²) in [6.07, 6.45) is 2.17. The minimum absolute atomic E-state index is 0.633. The predicted molar refractivity (Wildman–Crippen MR) is 39.3 cm³/mol. The van der Waals surface area contributed by atoms with E-state index in [1.807, 2.05) is 6.92 Å². The molecule has 0 nitrogen and oxygen atoms in total. The Kier molecular flexibility index (Phi) is 3.98. The van der Waals surface area contributed by atoms with Crippen molar-refractivity contribution in [2.45, 2.75) is 20.8 Å². The second-order valence-electron chi connectivity index (χ2n) is 2.39. The summed E-state index contributed by atoms with van der Waals surface area (Å²) in [6.45, 7) is 6.35. The van der Waals surface area contributed by atoms with E-state index in [0.717, 1.165) is 0 Å². The highest BCUT2D eigenvalue weighted by Gasteiger charge is 1.87. The molecule has 0 fully saturated rings. The fourth-order valence-corrected chi connectivity index (χ4v) is 0.703. The van der Waals surface area contributed by atoms with Crippen LogP contribution >= 0.6 is 11.6 Å². The topological polar surface area (TPSA) is 0 Å². The van der Waals surface area contributed by atoms with Gasteiger partial charge in [0.15, 0.2) is 0 Å². The summed E-state index contributed by atoms with van der Waals surface area (Å²) in [6, 6.07) is 0. The van der Waals surface area contributed by atoms with Crippen LogP contribution in [0, 0.1) is 5.92 Å². The molecular formula is C7H13Cl. The average Bonchev–Trinajstić information content (AvgIpc) is 1.65. The minimum Gasteiger partial charge on any atom is -0.122 e. The van der Waals surface area contributed by atoms with Gasteiger partial charge in [0.1, 0.15) is 0 Å². The lowest BCUT2D eigenvalue weighted by atomic mass is 10.1. The number of allylic oxidation sites excluding steroid dienone is 2. The molecule has 0 rings (SSSR count). The van der Waals surface area contributed by atoms with Crippen LogP contribution in [0.15, 0.2) is 11.6 Å². The number of rotatable bonds is 2. The second kappa shape index (κ2) is 3.96. The largest absolute Gasteiger partial charge is 0.122 e. The Labute approximate surface area is 56.5 Å². The van der Waals surface area contributed by atoms with Gasteiger partial charge < -0.3 is 0 Å². The van der Waals surface area contributed by atoms with Crippen LogP contribution in [-0.2, 0) is 0 Å². The Morgan fingerprint density at radius 2 is 2.12 bits per heavy atom. The third-order valence-corrected chi connectivity index (χ3v) is 1.25. The standard InChI is InChI=1S/C7H13Cl/c1-6(2)4-7(3)5-8/h4,6H,5H2,1-3H3. The summed E-state index contributed by atoms with van der Waals surface area (Å²) in [5.74, 6) is 1.30. The molecule has 1 heteroatoms. The van der Waals surface area contributed by atoms with Gasteiger partial charge in [0.05, 0.1) is 0 Å². The third kappa shape index (κ3) is 4.20. The van der Waals surface area contributed by atoms with E-state index in [9.17, 15) is 0 Å². The van der Waals surface area contributed by atoms with Crippen LogP contribution in [0.1, 0.15) is 20.8 Å². The van der Waals surface area contributed by atoms with E-state index in [0.29, 0.717) is 11.8 Å². The maximum atomic E-state index is 5.53. The highest BCUT2D eigenvalue weighted by Crippen LogP contribution is 2.01. The quantitative estimate of drug-likeness (QED) is 0.401. The first-order valence-corrected chi connectivity index (χ1v) is 3.43. The number of hydrogen-bond acceptors (Lipinski definition) is 0. The lowest BCUT2D eigenvalue weighted by molar-refractivity contribution is 0.822. The molecular weight excluding hydrogens is 120 g/mol. The number of halogens is 1. The van der Waals surface area contributed by atoms with Crippen LogP contribution in [0.4, 0.5) is 0 Å². The van der Waals surface area contributed by atoms with Crippen LogP contribution in [0.25, 0.3) is 0 Å². The lowest BCUT2D eigenvalue weighted by Gasteiger charge is -1.96. The van der Waals surface area contributed by atoms with Crippen molar-refractivity contribution in [1.29, 1.82) is 0 Å². The van der Waals surface area contributed by atoms with E-state index in [1.54, 1.807) is 0 Å². The maximum Gasteiger partial charge on any atom is 0.0430 e. The molecule has 0 saturated heterocycles. The van der Waals surface area contributed by atoms with Crippen LogP contribution in [-0.4, -0.2) is 5.88 Å². The summed E-state index contributed by atoms with van der Waals surface area (Å²) in [5, 5.41) is 0. The number of hydrogen-bond donors (Lipinski definition) is 0. The molecule has 0 spiro atoms. The molecule has 0 aliphatic heterocycles. The van der Waals surface area contributed by atoms with Gasteiger partial charge in [0, 0.05) is 5.88 Å². The van der Waals surface area contributed by atoms with Crippen LogP contribution < -0.4 is 0 Å². The molecule has 8 heavy (non-hydrogen) atoms. The smallest absolute Gasteiger partial charge is 0.0430 e. The van der Waals surface area contributed by atoms with E-state index >= 15 is 0 Å². The molecule has 0 N–H and O–H groups in total. The zero-order chi connectivity index (χ0) is 6.57. The van der Waals surface area contributed by atoms with Gasteiger partial charge in [-0.15, -0.1) is 11.6 Å². The van der Waals surface area contributed by atoms with Crippen LogP contribution in [0.2, 0.25) is 0 Å². The molecule has 0 aliphatic carbocycles. The molecule has 0 unspecified atom stereocenters. The van der Waals surface area contributed by atoms with Crippen molar-refractivity contribution < 1.29 is 0 Å². The molecule has 0 aromatic rings. The van der Waals surface area contributed by atoms with Crippen molar-refractivity contribution in [2.24, 2.45) is 5.92 Å². The van der Waals surface area contributed by atoms with Crippen LogP contribution in [0.5, 0.6) is 0 Å². The van der Waals surface area contributed by atoms with Crippen molar-refractivity contribution in [1.82, 2.24) is 0 Å². The van der Waals surface area contributed by atoms with E-state index in [1.165, 1.54) is 5.57 Å². The highest BCUT2D eigenvalue weighted by atomic mass is 35.5. The Morgan fingerprint density at radius 1 is 1.62 bits per heavy atom. The molecule has 0 aromatic carbocycles. The predicted octanol–water partition coefficient (Wildman–Crippen LogP) is 2.83. The van der Waals surface area contributed by atoms with Gasteiger partial charge in [-0.1, -0.05) is 25.5 Å². The van der Waals surface area contributed by atoms with Crippen molar-refractivity contribution in [3.05, 3.63) is 11.6 Å². The molecule has 0 bridgehead atoms. The van der Waals surface area contributed by atoms with Gasteiger partial charge in [-0.25, -0.2) is 0 Å². The first-order valence-electron chi connectivity index (χ1n) is 2.90. The third-order valence-electron chi connectivity index (χ3n) is 0.829. The van der Waals surface area contributed by atoms with E-state index in [-0.39, 0.29) is 0 Å². The Balaban J connectivity index is 3.56. The second-order valence-corrected chi connectivity index (χ2v) is 2.66. The van der Waals surface area contributed by atoms with E-state index in [2.05, 4.69) is 19.9 Å². The summed E-state index contributed by atoms with van der Waals surface area (Å²) in [5.41, 5.74) is 1.27. The summed E-state index contributed by atoms with van der Waals surface area (Å²) in [7, 11) is 0. The Hall–Kier alpha value is 0.0300. The molecule has 0 atom stereocenters. The van der Waals surface area contributed by atoms with Gasteiger partial charge in [0.25, 0.3) is 0 Å². The Bertz CT molecular complexity index is 82.4. The summed E-state index contributed by atoms with van der Waals surface area (Å²) >= 11 is 5.53. The van der Waals surface area contributed by atoms with E-state index < -0.39 is 0 Å². The first kappa shape index (κ1) is 8.03. The zero-order valence-electron chi connectivity index (χ0n) is 5.74. The Morgan fingerprint density at radius 3 is 2.25 bits per heavy atom. The highest BCUT2D eigenvalue weighted by molar-refractivity contribution is 6.19. The molecule has 0 aliphatic rings. The zero-order valence-corrected chi connectivity index (χ0v) is 6.50. The molecule has 0 amide bonds. The number of alkyl halides is 1. The average molecular weight is 133 g/mol. The minimum atomic E-state index is 0.633. The van der Waals surface area contributed by atoms with Crippen LogP contribution in [0.3, 0.4) is 0 Å². The maximum absolute atomic E-state index is 5.53. The SMILES string of the molecule is CC(=CC(C)C)CCl. The summed E-state index contributed by atoms with van der Waals surface area (Å²) < 4.78 is 0. The van der Waals surface area contributed by atoms with Crippen molar-refractivity contribution in [3.63, 3.8) is 0 Å². The van der Waals surface area contributed by atoms with Gasteiger partial charge in [0.2, 0.25) is 0 Å². The fourth-order valence-electron chi connectivity index (χ4n) is 0.614. The molecule has 0 radical (unpaired) electrons. The molecule has 0 aromatic heterocycles. The van der Waals surface area contributed by atoms with Gasteiger partial charge in [-0.2, -0.15) is 0 Å². The lowest BCUT2D eigenvalue weighted by Crippen LogP contribution is -1.83. The molecule has 48 valence electrons. The van der Waals surface area contributed by atoms with Crippen molar-refractivity contribution in [3.8, 4) is 0 Å². The summed E-state index contributed by atoms with van der Waals surface area (Å²) in [4.78, 5) is 0. The first-order chi connectivity index (χ1) is 3.66. The monoisotopic (exact) mass is 132 g/mol. The van der Waals surface area contributed by atoms with Gasteiger partial charge in [-0.3, -0.25) is 0 Å². The molecule has 0 saturated carbocycles.